The van der Waals surface area contributed by atoms with Crippen LogP contribution in [-0.2, 0) is 14.3 Å². The Morgan fingerprint density at radius 1 is 1.64 bits per heavy atom. The maximum Gasteiger partial charge on any atom is 0.340 e. The van der Waals surface area contributed by atoms with Gasteiger partial charge in [-0.15, -0.1) is 0 Å². The molecule has 0 spiro atoms. The fourth-order valence-electron chi connectivity index (χ4n) is 1.21. The Balaban J connectivity index is 2.30. The van der Waals surface area contributed by atoms with Crippen molar-refractivity contribution in [1.82, 2.24) is 0 Å². The first-order valence-corrected chi connectivity index (χ1v) is 4.90. The lowest BCUT2D eigenvalue weighted by Crippen LogP contribution is -2.11. The van der Waals surface area contributed by atoms with Gasteiger partial charge in [0.05, 0.1) is 12.2 Å². The highest BCUT2D eigenvalue weighted by molar-refractivity contribution is 5.88. The molecule has 0 aromatic rings. The van der Waals surface area contributed by atoms with Gasteiger partial charge < -0.3 is 9.47 Å². The Bertz CT molecular complexity index is 253. The lowest BCUT2D eigenvalue weighted by molar-refractivity contribution is -0.135. The third-order valence-electron chi connectivity index (χ3n) is 1.99. The summed E-state index contributed by atoms with van der Waals surface area (Å²) in [5.74, 6) is 0.402. The average molecular weight is 196 g/mol. The third-order valence-corrected chi connectivity index (χ3v) is 1.99. The molecule has 78 valence electrons. The second-order valence-corrected chi connectivity index (χ2v) is 3.19. The molecule has 0 heterocycles. The van der Waals surface area contributed by atoms with Crippen LogP contribution in [0.2, 0.25) is 0 Å². The largest absolute Gasteiger partial charge is 0.428 e. The van der Waals surface area contributed by atoms with Crippen molar-refractivity contribution in [2.24, 2.45) is 0 Å². The smallest absolute Gasteiger partial charge is 0.340 e. The minimum atomic E-state index is -0.369. The monoisotopic (exact) mass is 196 g/mol. The van der Waals surface area contributed by atoms with Crippen LogP contribution in [0.1, 0.15) is 26.2 Å². The van der Waals surface area contributed by atoms with Gasteiger partial charge in [-0.2, -0.15) is 0 Å². The summed E-state index contributed by atoms with van der Waals surface area (Å²) in [6, 6.07) is 0. The highest BCUT2D eigenvalue weighted by Crippen LogP contribution is 2.19. The second-order valence-electron chi connectivity index (χ2n) is 3.19. The first-order chi connectivity index (χ1) is 6.74. The summed E-state index contributed by atoms with van der Waals surface area (Å²) in [4.78, 5) is 11.4. The molecule has 0 aliphatic heterocycles. The van der Waals surface area contributed by atoms with E-state index in [1.54, 1.807) is 0 Å². The predicted octanol–water partition coefficient (Wildman–Crippen LogP) is 2.19. The first-order valence-electron chi connectivity index (χ1n) is 4.90. The van der Waals surface area contributed by atoms with Gasteiger partial charge in [-0.25, -0.2) is 4.79 Å². The molecule has 1 aliphatic carbocycles. The van der Waals surface area contributed by atoms with Crippen LogP contribution < -0.4 is 0 Å². The standard InChI is InChI=1S/C11H16O3/c1-3-13-8-9(2)11(12)14-10-6-4-5-7-10/h6H,2-5,7-8H2,1H3. The minimum absolute atomic E-state index is 0.253. The SMILES string of the molecule is C=C(COCC)C(=O)OC1=CCCC1. The van der Waals surface area contributed by atoms with Gasteiger partial charge >= 0.3 is 5.97 Å². The summed E-state index contributed by atoms with van der Waals surface area (Å²) in [5, 5.41) is 0. The van der Waals surface area contributed by atoms with E-state index >= 15 is 0 Å². The van der Waals surface area contributed by atoms with Crippen LogP contribution in [0.25, 0.3) is 0 Å². The van der Waals surface area contributed by atoms with Crippen molar-refractivity contribution in [3.8, 4) is 0 Å². The van der Waals surface area contributed by atoms with Crippen LogP contribution in [0, 0.1) is 0 Å². The van der Waals surface area contributed by atoms with Crippen molar-refractivity contribution in [3.05, 3.63) is 24.0 Å². The van der Waals surface area contributed by atoms with Crippen molar-refractivity contribution in [1.29, 1.82) is 0 Å². The molecule has 0 aromatic carbocycles. The molecular weight excluding hydrogens is 180 g/mol. The molecule has 0 bridgehead atoms. The van der Waals surface area contributed by atoms with Crippen LogP contribution in [0.4, 0.5) is 0 Å². The topological polar surface area (TPSA) is 35.5 Å². The number of ether oxygens (including phenoxy) is 2. The van der Waals surface area contributed by atoms with Crippen molar-refractivity contribution >= 4 is 5.97 Å². The van der Waals surface area contributed by atoms with Crippen molar-refractivity contribution in [3.63, 3.8) is 0 Å². The number of hydrogen-bond donors (Lipinski definition) is 0. The molecule has 3 nitrogen and oxygen atoms in total. The van der Waals surface area contributed by atoms with Gasteiger partial charge in [-0.1, -0.05) is 6.58 Å². The van der Waals surface area contributed by atoms with E-state index in [1.807, 2.05) is 13.0 Å². The summed E-state index contributed by atoms with van der Waals surface area (Å²) < 4.78 is 10.2. The van der Waals surface area contributed by atoms with E-state index in [2.05, 4.69) is 6.58 Å². The number of allylic oxidation sites excluding steroid dienone is 2. The van der Waals surface area contributed by atoms with Gasteiger partial charge in [0.2, 0.25) is 0 Å². The highest BCUT2D eigenvalue weighted by atomic mass is 16.5. The molecule has 0 aromatic heterocycles. The first kappa shape index (κ1) is 11.0. The molecule has 0 amide bonds. The Kier molecular flexibility index (Phi) is 4.40. The summed E-state index contributed by atoms with van der Waals surface area (Å²) >= 11 is 0. The van der Waals surface area contributed by atoms with Gasteiger partial charge in [0.15, 0.2) is 0 Å². The van der Waals surface area contributed by atoms with E-state index in [4.69, 9.17) is 9.47 Å². The molecule has 0 fully saturated rings. The van der Waals surface area contributed by atoms with E-state index in [0.29, 0.717) is 12.2 Å². The zero-order valence-corrected chi connectivity index (χ0v) is 8.54. The molecule has 1 aliphatic rings. The maximum absolute atomic E-state index is 11.4. The molecule has 3 heteroatoms. The Labute approximate surface area is 84.4 Å². The van der Waals surface area contributed by atoms with Crippen LogP contribution >= 0.6 is 0 Å². The molecule has 0 radical (unpaired) electrons. The number of carbonyl (C=O) groups is 1. The zero-order valence-electron chi connectivity index (χ0n) is 8.54. The van der Waals surface area contributed by atoms with E-state index in [1.165, 1.54) is 0 Å². The summed E-state index contributed by atoms with van der Waals surface area (Å²) in [6.45, 7) is 6.31. The molecule has 0 saturated carbocycles. The number of rotatable bonds is 5. The van der Waals surface area contributed by atoms with Crippen LogP contribution in [0.15, 0.2) is 24.0 Å². The lowest BCUT2D eigenvalue weighted by Gasteiger charge is -2.06. The van der Waals surface area contributed by atoms with E-state index in [-0.39, 0.29) is 12.6 Å². The Hall–Kier alpha value is -1.09. The quantitative estimate of drug-likeness (QED) is 0.499. The predicted molar refractivity (Wildman–Crippen MR) is 53.7 cm³/mol. The molecular formula is C11H16O3. The highest BCUT2D eigenvalue weighted by Gasteiger charge is 2.13. The van der Waals surface area contributed by atoms with Gasteiger partial charge in [-0.05, 0) is 25.8 Å². The van der Waals surface area contributed by atoms with Crippen molar-refractivity contribution in [2.75, 3.05) is 13.2 Å². The number of esters is 1. The fraction of sp³-hybridized carbons (Fsp3) is 0.545. The van der Waals surface area contributed by atoms with Gasteiger partial charge in [0.25, 0.3) is 0 Å². The molecule has 1 rings (SSSR count). The number of carbonyl (C=O) groups excluding carboxylic acids is 1. The van der Waals surface area contributed by atoms with Gasteiger partial charge in [-0.3, -0.25) is 0 Å². The second kappa shape index (κ2) is 5.60. The zero-order chi connectivity index (χ0) is 10.4. The van der Waals surface area contributed by atoms with Gasteiger partial charge in [0, 0.05) is 13.0 Å². The normalized spacial score (nSPS) is 15.1. The molecule has 14 heavy (non-hydrogen) atoms. The fourth-order valence-corrected chi connectivity index (χ4v) is 1.21. The summed E-state index contributed by atoms with van der Waals surface area (Å²) in [7, 11) is 0. The average Bonchev–Trinajstić information content (AvgIpc) is 2.66. The van der Waals surface area contributed by atoms with Gasteiger partial charge in [0.1, 0.15) is 5.76 Å². The molecule has 0 N–H and O–H groups in total. The van der Waals surface area contributed by atoms with Crippen LogP contribution in [0.3, 0.4) is 0 Å². The van der Waals surface area contributed by atoms with Crippen LogP contribution in [-0.4, -0.2) is 19.2 Å². The lowest BCUT2D eigenvalue weighted by atomic mass is 10.3. The molecule has 0 unspecified atom stereocenters. The van der Waals surface area contributed by atoms with E-state index in [9.17, 15) is 4.79 Å². The van der Waals surface area contributed by atoms with E-state index < -0.39 is 0 Å². The van der Waals surface area contributed by atoms with Crippen molar-refractivity contribution in [2.45, 2.75) is 26.2 Å². The van der Waals surface area contributed by atoms with E-state index in [0.717, 1.165) is 25.0 Å². The molecule has 0 saturated heterocycles. The van der Waals surface area contributed by atoms with Crippen molar-refractivity contribution < 1.29 is 14.3 Å². The summed E-state index contributed by atoms with van der Waals surface area (Å²) in [5.41, 5.74) is 0.375. The Morgan fingerprint density at radius 2 is 2.43 bits per heavy atom. The third kappa shape index (κ3) is 3.34. The minimum Gasteiger partial charge on any atom is -0.428 e. The Morgan fingerprint density at radius 3 is 3.00 bits per heavy atom. The maximum atomic E-state index is 11.4. The molecule has 0 atom stereocenters. The van der Waals surface area contributed by atoms with Crippen LogP contribution in [0.5, 0.6) is 0 Å². The summed E-state index contributed by atoms with van der Waals surface area (Å²) in [6.07, 6.45) is 4.88. The number of hydrogen-bond acceptors (Lipinski definition) is 3.